The molecule has 72 valence electrons. The minimum atomic E-state index is -0.920. The first-order chi connectivity index (χ1) is 6.07. The number of hydrogen-bond donors (Lipinski definition) is 0. The number of thioether (sulfide) groups is 1. The van der Waals surface area contributed by atoms with Gasteiger partial charge in [-0.05, 0) is 24.3 Å². The maximum Gasteiger partial charge on any atom is 0.357 e. The van der Waals surface area contributed by atoms with Crippen LogP contribution in [0.1, 0.15) is 12.7 Å². The van der Waals surface area contributed by atoms with Gasteiger partial charge < -0.3 is 4.52 Å². The van der Waals surface area contributed by atoms with Gasteiger partial charge in [0.05, 0.1) is 0 Å². The zero-order chi connectivity index (χ0) is 10.0. The molecule has 1 aromatic rings. The Morgan fingerprint density at radius 3 is 2.69 bits per heavy atom. The van der Waals surface area contributed by atoms with E-state index in [1.165, 1.54) is 11.8 Å². The van der Waals surface area contributed by atoms with E-state index >= 15 is 0 Å². The third kappa shape index (κ3) is 1.97. The molecule has 0 N–H and O–H groups in total. The Balaban J connectivity index is 3.23. The molecule has 0 aliphatic carbocycles. The Morgan fingerprint density at radius 1 is 1.69 bits per heavy atom. The number of rotatable bonds is 2. The standard InChI is InChI=1S/C7H8ClNO3S/c1-3-13-5-4(2)12-9(6(5)10)7(8)11/h3H2,1-2H3. The maximum atomic E-state index is 11.4. The molecular formula is C7H8ClNO3S. The van der Waals surface area contributed by atoms with Crippen molar-refractivity contribution in [2.75, 3.05) is 5.75 Å². The normalized spacial score (nSPS) is 10.4. The zero-order valence-corrected chi connectivity index (χ0v) is 8.74. The van der Waals surface area contributed by atoms with Gasteiger partial charge in [0.15, 0.2) is 0 Å². The summed E-state index contributed by atoms with van der Waals surface area (Å²) in [5, 5.41) is -0.920. The summed E-state index contributed by atoms with van der Waals surface area (Å²) in [6.07, 6.45) is 0. The van der Waals surface area contributed by atoms with Crippen LogP contribution in [0, 0.1) is 6.92 Å². The van der Waals surface area contributed by atoms with E-state index < -0.39 is 10.9 Å². The number of carbonyl (C=O) groups is 1. The molecular weight excluding hydrogens is 214 g/mol. The van der Waals surface area contributed by atoms with Gasteiger partial charge in [-0.3, -0.25) is 9.59 Å². The van der Waals surface area contributed by atoms with Gasteiger partial charge in [-0.1, -0.05) is 11.7 Å². The average molecular weight is 222 g/mol. The number of aryl methyl sites for hydroxylation is 1. The third-order valence-corrected chi connectivity index (χ3v) is 2.57. The van der Waals surface area contributed by atoms with Crippen molar-refractivity contribution >= 4 is 28.7 Å². The van der Waals surface area contributed by atoms with Crippen LogP contribution in [0.25, 0.3) is 0 Å². The molecule has 6 heteroatoms. The van der Waals surface area contributed by atoms with Crippen LogP contribution in [-0.4, -0.2) is 15.9 Å². The van der Waals surface area contributed by atoms with E-state index in [0.717, 1.165) is 5.75 Å². The summed E-state index contributed by atoms with van der Waals surface area (Å²) < 4.78 is 5.41. The Hall–Kier alpha value is -0.680. The Kier molecular flexibility index (Phi) is 3.22. The van der Waals surface area contributed by atoms with E-state index in [2.05, 4.69) is 0 Å². The van der Waals surface area contributed by atoms with Crippen molar-refractivity contribution < 1.29 is 9.32 Å². The number of hydrogen-bond acceptors (Lipinski definition) is 4. The zero-order valence-electron chi connectivity index (χ0n) is 7.17. The van der Waals surface area contributed by atoms with Crippen molar-refractivity contribution in [3.63, 3.8) is 0 Å². The molecule has 0 aliphatic rings. The smallest absolute Gasteiger partial charge is 0.357 e. The molecule has 0 aromatic carbocycles. The highest BCUT2D eigenvalue weighted by Crippen LogP contribution is 2.18. The molecule has 0 bridgehead atoms. The van der Waals surface area contributed by atoms with Gasteiger partial charge in [-0.25, -0.2) is 0 Å². The van der Waals surface area contributed by atoms with Gasteiger partial charge in [0, 0.05) is 0 Å². The summed E-state index contributed by atoms with van der Waals surface area (Å²) in [6.45, 7) is 3.53. The molecule has 0 radical (unpaired) electrons. The molecule has 0 aliphatic heterocycles. The second kappa shape index (κ2) is 4.02. The van der Waals surface area contributed by atoms with Gasteiger partial charge in [-0.15, -0.1) is 11.8 Å². The van der Waals surface area contributed by atoms with Gasteiger partial charge in [-0.2, -0.15) is 0 Å². The fourth-order valence-corrected chi connectivity index (χ4v) is 1.73. The van der Waals surface area contributed by atoms with Crippen LogP contribution in [-0.2, 0) is 0 Å². The van der Waals surface area contributed by atoms with Crippen LogP contribution < -0.4 is 5.56 Å². The fraction of sp³-hybridized carbons (Fsp3) is 0.429. The molecule has 0 atom stereocenters. The Morgan fingerprint density at radius 2 is 2.31 bits per heavy atom. The maximum absolute atomic E-state index is 11.4. The molecule has 1 aromatic heterocycles. The number of carbonyl (C=O) groups excluding carboxylic acids is 1. The van der Waals surface area contributed by atoms with Crippen LogP contribution in [0.3, 0.4) is 0 Å². The first kappa shape index (κ1) is 10.4. The predicted molar refractivity (Wildman–Crippen MR) is 50.8 cm³/mol. The van der Waals surface area contributed by atoms with Gasteiger partial charge in [0.25, 0.3) is 0 Å². The number of aromatic nitrogens is 1. The Labute approximate surface area is 83.8 Å². The van der Waals surface area contributed by atoms with Crippen molar-refractivity contribution in [2.45, 2.75) is 18.7 Å². The van der Waals surface area contributed by atoms with E-state index in [4.69, 9.17) is 16.1 Å². The second-order valence-electron chi connectivity index (χ2n) is 2.26. The van der Waals surface area contributed by atoms with Crippen molar-refractivity contribution in [2.24, 2.45) is 0 Å². The SMILES string of the molecule is CCSc1c(C)on(C(=O)Cl)c1=O. The van der Waals surface area contributed by atoms with Crippen LogP contribution >= 0.6 is 23.4 Å². The number of halogens is 1. The summed E-state index contributed by atoms with van der Waals surface area (Å²) in [4.78, 5) is 22.5. The molecule has 0 unspecified atom stereocenters. The molecule has 0 spiro atoms. The molecule has 0 fully saturated rings. The van der Waals surface area contributed by atoms with Crippen LogP contribution in [0.15, 0.2) is 14.2 Å². The lowest BCUT2D eigenvalue weighted by Gasteiger charge is -1.87. The van der Waals surface area contributed by atoms with E-state index in [-0.39, 0.29) is 0 Å². The summed E-state index contributed by atoms with van der Waals surface area (Å²) in [5.74, 6) is 1.16. The van der Waals surface area contributed by atoms with E-state index in [9.17, 15) is 9.59 Å². The molecule has 0 saturated carbocycles. The third-order valence-electron chi connectivity index (χ3n) is 1.38. The fourth-order valence-electron chi connectivity index (χ4n) is 0.886. The molecule has 0 amide bonds. The summed E-state index contributed by atoms with van der Waals surface area (Å²) in [7, 11) is 0. The highest BCUT2D eigenvalue weighted by molar-refractivity contribution is 7.99. The van der Waals surface area contributed by atoms with Crippen LogP contribution in [0.4, 0.5) is 4.79 Å². The van der Waals surface area contributed by atoms with Crippen LogP contribution in [0.2, 0.25) is 0 Å². The Bertz CT molecular complexity index is 382. The summed E-state index contributed by atoms with van der Waals surface area (Å²) >= 11 is 6.44. The monoisotopic (exact) mass is 221 g/mol. The van der Waals surface area contributed by atoms with E-state index in [0.29, 0.717) is 15.4 Å². The summed E-state index contributed by atoms with van der Waals surface area (Å²) in [6, 6.07) is 0. The lowest BCUT2D eigenvalue weighted by atomic mass is 10.5. The predicted octanol–water partition coefficient (Wildman–Crippen LogP) is 2.07. The van der Waals surface area contributed by atoms with E-state index in [1.807, 2.05) is 6.92 Å². The average Bonchev–Trinajstić information content (AvgIpc) is 2.32. The van der Waals surface area contributed by atoms with E-state index in [1.54, 1.807) is 6.92 Å². The van der Waals surface area contributed by atoms with Crippen molar-refractivity contribution in [3.8, 4) is 0 Å². The highest BCUT2D eigenvalue weighted by Gasteiger charge is 2.16. The largest absolute Gasteiger partial charge is 0.371 e. The molecule has 4 nitrogen and oxygen atoms in total. The van der Waals surface area contributed by atoms with Gasteiger partial charge in [0.2, 0.25) is 0 Å². The molecule has 13 heavy (non-hydrogen) atoms. The lowest BCUT2D eigenvalue weighted by Crippen LogP contribution is -2.18. The van der Waals surface area contributed by atoms with Crippen LogP contribution in [0.5, 0.6) is 0 Å². The quantitative estimate of drug-likeness (QED) is 0.567. The topological polar surface area (TPSA) is 52.2 Å². The first-order valence-electron chi connectivity index (χ1n) is 3.63. The highest BCUT2D eigenvalue weighted by atomic mass is 35.5. The molecule has 0 saturated heterocycles. The van der Waals surface area contributed by atoms with Crippen molar-refractivity contribution in [1.29, 1.82) is 0 Å². The van der Waals surface area contributed by atoms with Gasteiger partial charge in [0.1, 0.15) is 10.7 Å². The molecule has 1 rings (SSSR count). The molecule has 1 heterocycles. The first-order valence-corrected chi connectivity index (χ1v) is 4.99. The van der Waals surface area contributed by atoms with Crippen molar-refractivity contribution in [3.05, 3.63) is 16.1 Å². The minimum Gasteiger partial charge on any atom is -0.371 e. The second-order valence-corrected chi connectivity index (χ2v) is 3.86. The lowest BCUT2D eigenvalue weighted by molar-refractivity contribution is 0.226. The minimum absolute atomic E-state index is 0.422. The van der Waals surface area contributed by atoms with Crippen molar-refractivity contribution in [1.82, 2.24) is 4.74 Å². The number of nitrogens with zero attached hydrogens (tertiary/aromatic N) is 1. The van der Waals surface area contributed by atoms with Gasteiger partial charge >= 0.3 is 10.9 Å². The summed E-state index contributed by atoms with van der Waals surface area (Å²) in [5.41, 5.74) is -0.482.